The first-order valence-corrected chi connectivity index (χ1v) is 10.6. The Bertz CT molecular complexity index is 864. The van der Waals surface area contributed by atoms with Crippen LogP contribution in [0.1, 0.15) is 47.0 Å². The maximum absolute atomic E-state index is 12.8. The van der Waals surface area contributed by atoms with Gasteiger partial charge in [-0.3, -0.25) is 14.4 Å². The molecule has 0 bridgehead atoms. The molecule has 5 nitrogen and oxygen atoms in total. The van der Waals surface area contributed by atoms with Gasteiger partial charge in [0, 0.05) is 29.2 Å². The zero-order valence-corrected chi connectivity index (χ0v) is 17.6. The van der Waals surface area contributed by atoms with Crippen molar-refractivity contribution in [1.29, 1.82) is 0 Å². The van der Waals surface area contributed by atoms with E-state index in [4.69, 9.17) is 4.74 Å². The second kappa shape index (κ2) is 6.76. The largest absolute Gasteiger partial charge is 0.457 e. The zero-order chi connectivity index (χ0) is 21.1. The first-order chi connectivity index (χ1) is 13.6. The summed E-state index contributed by atoms with van der Waals surface area (Å²) in [5.41, 5.74) is 1.09. The lowest BCUT2D eigenvalue weighted by atomic mass is 9.45. The van der Waals surface area contributed by atoms with Crippen molar-refractivity contribution in [3.8, 4) is 0 Å². The fraction of sp³-hybridized carbons (Fsp3) is 0.625. The van der Waals surface area contributed by atoms with E-state index in [0.29, 0.717) is 12.0 Å². The summed E-state index contributed by atoms with van der Waals surface area (Å²) in [5.74, 6) is 0.213. The molecule has 4 aliphatic rings. The number of Topliss-reactive ketones (excluding diaryl/α,β-unsaturated/α-hetero) is 1. The molecular formula is C24H30O5. The van der Waals surface area contributed by atoms with Gasteiger partial charge in [-0.15, -0.1) is 0 Å². The van der Waals surface area contributed by atoms with Crippen LogP contribution in [0.2, 0.25) is 0 Å². The van der Waals surface area contributed by atoms with Crippen LogP contribution in [0, 0.1) is 34.5 Å². The summed E-state index contributed by atoms with van der Waals surface area (Å²) in [6, 6.07) is 0. The van der Waals surface area contributed by atoms with Gasteiger partial charge >= 0.3 is 5.97 Å². The maximum Gasteiger partial charge on any atom is 0.303 e. The van der Waals surface area contributed by atoms with E-state index in [0.717, 1.165) is 18.4 Å². The van der Waals surface area contributed by atoms with Crippen molar-refractivity contribution in [1.82, 2.24) is 0 Å². The number of fused-ring (bicyclic) bond motifs is 5. The molecule has 0 aliphatic heterocycles. The van der Waals surface area contributed by atoms with Crippen LogP contribution in [-0.4, -0.2) is 35.4 Å². The summed E-state index contributed by atoms with van der Waals surface area (Å²) >= 11 is 0. The number of carbonyl (C=O) groups excluding carboxylic acids is 3. The zero-order valence-electron chi connectivity index (χ0n) is 17.6. The van der Waals surface area contributed by atoms with Crippen molar-refractivity contribution >= 4 is 17.5 Å². The fourth-order valence-electron chi connectivity index (χ4n) is 7.00. The summed E-state index contributed by atoms with van der Waals surface area (Å²) < 4.78 is 4.95. The van der Waals surface area contributed by atoms with Gasteiger partial charge in [0.25, 0.3) is 0 Å². The lowest BCUT2D eigenvalue weighted by Gasteiger charge is -2.59. The number of hydrogen-bond acceptors (Lipinski definition) is 5. The van der Waals surface area contributed by atoms with E-state index in [9.17, 15) is 19.5 Å². The maximum atomic E-state index is 12.8. The molecule has 7 atom stereocenters. The predicted molar refractivity (Wildman–Crippen MR) is 108 cm³/mol. The average molecular weight is 398 g/mol. The van der Waals surface area contributed by atoms with Crippen molar-refractivity contribution in [3.63, 3.8) is 0 Å². The molecule has 7 unspecified atom stereocenters. The molecule has 156 valence electrons. The normalized spacial score (nSPS) is 42.9. The molecular weight excluding hydrogens is 368 g/mol. The third kappa shape index (κ3) is 2.97. The van der Waals surface area contributed by atoms with Crippen molar-refractivity contribution in [2.24, 2.45) is 34.5 Å². The van der Waals surface area contributed by atoms with E-state index >= 15 is 0 Å². The average Bonchev–Trinajstić information content (AvgIpc) is 2.97. The fourth-order valence-corrected chi connectivity index (χ4v) is 7.00. The van der Waals surface area contributed by atoms with Gasteiger partial charge < -0.3 is 9.84 Å². The highest BCUT2D eigenvalue weighted by Gasteiger charge is 2.61. The van der Waals surface area contributed by atoms with Crippen LogP contribution in [0.5, 0.6) is 0 Å². The molecule has 0 heterocycles. The van der Waals surface area contributed by atoms with Gasteiger partial charge in [0.2, 0.25) is 0 Å². The Labute approximate surface area is 171 Å². The van der Waals surface area contributed by atoms with Gasteiger partial charge in [-0.25, -0.2) is 0 Å². The number of aliphatic hydroxyl groups is 1. The summed E-state index contributed by atoms with van der Waals surface area (Å²) in [6.45, 7) is 7.46. The molecule has 2 fully saturated rings. The number of rotatable bonds is 3. The Morgan fingerprint density at radius 2 is 2.03 bits per heavy atom. The SMILES string of the molecule is CC(=O)OCC(=O)C1=CCC2C3CC(C)C4=CC(=O)C=CC4(C)C3C(O)CC12C. The molecule has 0 aromatic rings. The minimum Gasteiger partial charge on any atom is -0.457 e. The predicted octanol–water partition coefficient (Wildman–Crippen LogP) is 3.18. The number of carbonyl (C=O) groups is 3. The Hall–Kier alpha value is -2.01. The molecule has 0 radical (unpaired) electrons. The Kier molecular flexibility index (Phi) is 4.73. The molecule has 4 aliphatic carbocycles. The molecule has 5 heteroatoms. The van der Waals surface area contributed by atoms with Gasteiger partial charge in [-0.1, -0.05) is 38.5 Å². The van der Waals surface area contributed by atoms with Gasteiger partial charge in [-0.2, -0.15) is 0 Å². The minimum atomic E-state index is -0.567. The minimum absolute atomic E-state index is 0.0267. The standard InChI is InChI=1S/C24H30O5/c1-13-9-16-17-5-6-18(21(28)12-29-14(2)25)24(17,4)11-20(27)22(16)23(3)8-7-15(26)10-19(13)23/h6-8,10,13,16-17,20,22,27H,5,9,11-12H2,1-4H3. The third-order valence-corrected chi connectivity index (χ3v) is 8.10. The van der Waals surface area contributed by atoms with Crippen molar-refractivity contribution in [2.75, 3.05) is 6.61 Å². The number of aliphatic hydroxyl groups excluding tert-OH is 1. The molecule has 1 N–H and O–H groups in total. The van der Waals surface area contributed by atoms with E-state index in [-0.39, 0.29) is 47.3 Å². The highest BCUT2D eigenvalue weighted by Crippen LogP contribution is 2.65. The van der Waals surface area contributed by atoms with Gasteiger partial charge in [0.05, 0.1) is 6.10 Å². The Morgan fingerprint density at radius 3 is 2.72 bits per heavy atom. The highest BCUT2D eigenvalue weighted by atomic mass is 16.5. The van der Waals surface area contributed by atoms with Crippen LogP contribution in [0.3, 0.4) is 0 Å². The first-order valence-electron chi connectivity index (χ1n) is 10.6. The molecule has 2 saturated carbocycles. The Balaban J connectivity index is 1.66. The molecule has 0 saturated heterocycles. The smallest absolute Gasteiger partial charge is 0.303 e. The lowest BCUT2D eigenvalue weighted by Crippen LogP contribution is -2.57. The topological polar surface area (TPSA) is 80.7 Å². The quantitative estimate of drug-likeness (QED) is 0.739. The molecule has 29 heavy (non-hydrogen) atoms. The summed E-state index contributed by atoms with van der Waals surface area (Å²) in [5, 5.41) is 11.3. The first kappa shape index (κ1) is 20.3. The molecule has 0 aromatic carbocycles. The van der Waals surface area contributed by atoms with Gasteiger partial charge in [-0.05, 0) is 49.2 Å². The van der Waals surface area contributed by atoms with Gasteiger partial charge in [0.15, 0.2) is 18.2 Å². The van der Waals surface area contributed by atoms with Crippen LogP contribution in [-0.2, 0) is 19.1 Å². The van der Waals surface area contributed by atoms with Crippen LogP contribution in [0.4, 0.5) is 0 Å². The van der Waals surface area contributed by atoms with Crippen LogP contribution < -0.4 is 0 Å². The second-order valence-corrected chi connectivity index (χ2v) is 9.80. The van der Waals surface area contributed by atoms with Crippen LogP contribution in [0.25, 0.3) is 0 Å². The molecule has 0 aromatic heterocycles. The van der Waals surface area contributed by atoms with Gasteiger partial charge in [0.1, 0.15) is 0 Å². The monoisotopic (exact) mass is 398 g/mol. The van der Waals surface area contributed by atoms with E-state index in [1.807, 2.05) is 12.2 Å². The number of ether oxygens (including phenoxy) is 1. The van der Waals surface area contributed by atoms with E-state index in [2.05, 4.69) is 20.8 Å². The molecule has 4 rings (SSSR count). The lowest BCUT2D eigenvalue weighted by molar-refractivity contribution is -0.145. The summed E-state index contributed by atoms with van der Waals surface area (Å²) in [6.07, 6.45) is 9.06. The Morgan fingerprint density at radius 1 is 1.31 bits per heavy atom. The number of allylic oxidation sites excluding steroid dienone is 5. The van der Waals surface area contributed by atoms with Crippen molar-refractivity contribution in [3.05, 3.63) is 35.5 Å². The summed E-state index contributed by atoms with van der Waals surface area (Å²) in [7, 11) is 0. The number of ketones is 2. The molecule has 0 amide bonds. The summed E-state index contributed by atoms with van der Waals surface area (Å²) in [4.78, 5) is 35.9. The number of hydrogen-bond donors (Lipinski definition) is 1. The van der Waals surface area contributed by atoms with Crippen LogP contribution >= 0.6 is 0 Å². The second-order valence-electron chi connectivity index (χ2n) is 9.80. The van der Waals surface area contributed by atoms with E-state index in [1.54, 1.807) is 12.2 Å². The molecule has 0 spiro atoms. The van der Waals surface area contributed by atoms with Crippen molar-refractivity contribution < 1.29 is 24.2 Å². The number of esters is 1. The third-order valence-electron chi connectivity index (χ3n) is 8.10. The van der Waals surface area contributed by atoms with E-state index < -0.39 is 17.5 Å². The van der Waals surface area contributed by atoms with Crippen molar-refractivity contribution in [2.45, 2.75) is 53.1 Å². The highest BCUT2D eigenvalue weighted by molar-refractivity contribution is 6.01. The van der Waals surface area contributed by atoms with E-state index in [1.165, 1.54) is 6.92 Å². The van der Waals surface area contributed by atoms with Crippen LogP contribution in [0.15, 0.2) is 35.5 Å².